The van der Waals surface area contributed by atoms with Gasteiger partial charge in [0.2, 0.25) is 0 Å². The van der Waals surface area contributed by atoms with Crippen LogP contribution >= 0.6 is 0 Å². The van der Waals surface area contributed by atoms with Crippen molar-refractivity contribution >= 4 is 44.7 Å². The highest BCUT2D eigenvalue weighted by Crippen LogP contribution is 2.45. The smallest absolute Gasteiger partial charge is 0.0629 e. The minimum atomic E-state index is 0.266. The summed E-state index contributed by atoms with van der Waals surface area (Å²) < 4.78 is 0. The van der Waals surface area contributed by atoms with Gasteiger partial charge in [-0.15, -0.1) is 0 Å². The van der Waals surface area contributed by atoms with Gasteiger partial charge in [0, 0.05) is 28.2 Å². The average molecular weight is 543 g/mol. The highest BCUT2D eigenvalue weighted by molar-refractivity contribution is 6.17. The first-order valence-electron chi connectivity index (χ1n) is 15.3. The van der Waals surface area contributed by atoms with Gasteiger partial charge in [-0.25, -0.2) is 0 Å². The topological polar surface area (TPSA) is 6.48 Å². The number of nitrogens with zero attached hydrogens (tertiary/aromatic N) is 2. The number of para-hydroxylation sites is 2. The highest BCUT2D eigenvalue weighted by Gasteiger charge is 2.29. The van der Waals surface area contributed by atoms with Gasteiger partial charge in [0.1, 0.15) is 0 Å². The monoisotopic (exact) mass is 542 g/mol. The molecule has 0 radical (unpaired) electrons. The normalized spacial score (nSPS) is 17.6. The fraction of sp³-hybridized carbons (Fsp3) is 0.150. The lowest BCUT2D eigenvalue weighted by atomic mass is 9.85. The second kappa shape index (κ2) is 10.5. The molecule has 3 aliphatic rings. The maximum atomic E-state index is 2.65. The average Bonchev–Trinajstić information content (AvgIpc) is 3.07. The van der Waals surface area contributed by atoms with E-state index < -0.39 is 0 Å². The first-order valence-corrected chi connectivity index (χ1v) is 15.3. The predicted molar refractivity (Wildman–Crippen MR) is 178 cm³/mol. The third-order valence-electron chi connectivity index (χ3n) is 9.01. The molecule has 8 rings (SSSR count). The molecule has 0 spiro atoms. The molecule has 1 unspecified atom stereocenters. The number of hydrogen-bond acceptors (Lipinski definition) is 2. The lowest BCUT2D eigenvalue weighted by Gasteiger charge is -2.39. The molecule has 0 saturated heterocycles. The van der Waals surface area contributed by atoms with Gasteiger partial charge < -0.3 is 9.80 Å². The zero-order valence-electron chi connectivity index (χ0n) is 23.8. The van der Waals surface area contributed by atoms with Gasteiger partial charge in [-0.1, -0.05) is 97.1 Å². The van der Waals surface area contributed by atoms with Crippen molar-refractivity contribution in [1.82, 2.24) is 4.90 Å². The molecule has 5 aromatic carbocycles. The quantitative estimate of drug-likeness (QED) is 0.211. The molecule has 1 atom stereocenters. The van der Waals surface area contributed by atoms with E-state index in [0.717, 1.165) is 43.5 Å². The van der Waals surface area contributed by atoms with E-state index in [4.69, 9.17) is 0 Å². The Bertz CT molecular complexity index is 1920. The van der Waals surface area contributed by atoms with E-state index in [1.807, 2.05) is 0 Å². The molecule has 204 valence electrons. The summed E-state index contributed by atoms with van der Waals surface area (Å²) >= 11 is 0. The second-order valence-corrected chi connectivity index (χ2v) is 11.5. The molecule has 0 aromatic heterocycles. The number of rotatable bonds is 6. The molecule has 5 aromatic rings. The number of anilines is 3. The Balaban J connectivity index is 1.35. The summed E-state index contributed by atoms with van der Waals surface area (Å²) in [6.45, 7) is 0. The van der Waals surface area contributed by atoms with Crippen molar-refractivity contribution in [2.45, 2.75) is 38.1 Å². The third-order valence-corrected chi connectivity index (χ3v) is 9.01. The van der Waals surface area contributed by atoms with E-state index in [2.05, 4.69) is 149 Å². The number of allylic oxidation sites excluding steroid dienone is 7. The molecule has 2 heteroatoms. The molecular weight excluding hydrogens is 508 g/mol. The van der Waals surface area contributed by atoms with Crippen LogP contribution in [0.2, 0.25) is 0 Å². The van der Waals surface area contributed by atoms with Crippen molar-refractivity contribution in [3.63, 3.8) is 0 Å². The van der Waals surface area contributed by atoms with Crippen molar-refractivity contribution in [2.24, 2.45) is 0 Å². The standard InChI is InChI=1S/C40H34N2/c1-5-13-31(14-6-1)41(32-15-7-2-8-16-32)37-27-23-29-22-26-36-38(28-24-30-21-25-35(37)39(29)40(30)36)42(33-17-9-3-10-18-33)34-19-11-4-12-20-34/h1-3,5-9,11,13-17,19-27,38H,4,10,12,18,28H2. The molecule has 0 amide bonds. The van der Waals surface area contributed by atoms with Crippen LogP contribution < -0.4 is 10.1 Å². The first-order chi connectivity index (χ1) is 20.9. The van der Waals surface area contributed by atoms with Crippen molar-refractivity contribution in [1.29, 1.82) is 0 Å². The van der Waals surface area contributed by atoms with Crippen LogP contribution in [0.3, 0.4) is 0 Å². The molecule has 0 N–H and O–H groups in total. The lowest BCUT2D eigenvalue weighted by molar-refractivity contribution is 0.320. The Morgan fingerprint density at radius 1 is 0.643 bits per heavy atom. The Labute approximate surface area is 247 Å². The van der Waals surface area contributed by atoms with E-state index in [1.54, 1.807) is 0 Å². The predicted octanol–water partition coefficient (Wildman–Crippen LogP) is 10.2. The Morgan fingerprint density at radius 3 is 2.14 bits per heavy atom. The zero-order chi connectivity index (χ0) is 27.9. The maximum absolute atomic E-state index is 2.65. The van der Waals surface area contributed by atoms with Crippen LogP contribution in [0.25, 0.3) is 27.6 Å². The van der Waals surface area contributed by atoms with Crippen LogP contribution in [0.15, 0.2) is 145 Å². The molecule has 0 bridgehead atoms. The van der Waals surface area contributed by atoms with E-state index in [0.29, 0.717) is 0 Å². The van der Waals surface area contributed by atoms with Crippen LogP contribution in [-0.2, 0) is 0 Å². The highest BCUT2D eigenvalue weighted by atomic mass is 15.2. The minimum Gasteiger partial charge on any atom is -0.338 e. The first kappa shape index (κ1) is 24.9. The fourth-order valence-electron chi connectivity index (χ4n) is 7.14. The van der Waals surface area contributed by atoms with Gasteiger partial charge in [-0.3, -0.25) is 0 Å². The number of hydrogen-bond donors (Lipinski definition) is 0. The van der Waals surface area contributed by atoms with Crippen molar-refractivity contribution in [3.8, 4) is 0 Å². The molecule has 0 heterocycles. The van der Waals surface area contributed by atoms with E-state index >= 15 is 0 Å². The van der Waals surface area contributed by atoms with E-state index in [9.17, 15) is 0 Å². The summed E-state index contributed by atoms with van der Waals surface area (Å²) in [7, 11) is 0. The fourth-order valence-corrected chi connectivity index (χ4v) is 7.14. The molecular formula is C40H34N2. The van der Waals surface area contributed by atoms with Crippen molar-refractivity contribution < 1.29 is 0 Å². The summed E-state index contributed by atoms with van der Waals surface area (Å²) in [5.41, 5.74) is 7.73. The van der Waals surface area contributed by atoms with Gasteiger partial charge in [0.05, 0.1) is 11.7 Å². The Hall–Kier alpha value is -4.82. The van der Waals surface area contributed by atoms with Gasteiger partial charge in [0.25, 0.3) is 0 Å². The minimum absolute atomic E-state index is 0.266. The van der Waals surface area contributed by atoms with Gasteiger partial charge >= 0.3 is 0 Å². The van der Waals surface area contributed by atoms with Crippen molar-refractivity contribution in [2.75, 3.05) is 4.90 Å². The van der Waals surface area contributed by atoms with E-state index in [-0.39, 0.29) is 6.04 Å². The van der Waals surface area contributed by atoms with Gasteiger partial charge in [0.15, 0.2) is 0 Å². The van der Waals surface area contributed by atoms with Crippen LogP contribution in [0, 0.1) is 0 Å². The molecule has 0 aliphatic heterocycles. The van der Waals surface area contributed by atoms with Gasteiger partial charge in [-0.2, -0.15) is 0 Å². The maximum Gasteiger partial charge on any atom is 0.0629 e. The summed E-state index contributed by atoms with van der Waals surface area (Å²) in [4.78, 5) is 5.04. The van der Waals surface area contributed by atoms with Crippen LogP contribution in [-0.4, -0.2) is 4.90 Å². The lowest BCUT2D eigenvalue weighted by Crippen LogP contribution is -2.30. The Kier molecular flexibility index (Phi) is 6.26. The van der Waals surface area contributed by atoms with Crippen LogP contribution in [0.1, 0.15) is 43.7 Å². The zero-order valence-corrected chi connectivity index (χ0v) is 23.8. The van der Waals surface area contributed by atoms with Crippen LogP contribution in [0.5, 0.6) is 0 Å². The molecule has 3 aliphatic carbocycles. The summed E-state index contributed by atoms with van der Waals surface area (Å²) in [5.74, 6) is 0. The summed E-state index contributed by atoms with van der Waals surface area (Å²) in [6, 6.07) is 35.8. The van der Waals surface area contributed by atoms with Gasteiger partial charge in [-0.05, 0) is 102 Å². The summed E-state index contributed by atoms with van der Waals surface area (Å²) in [5, 5.41) is 6.71. The second-order valence-electron chi connectivity index (χ2n) is 11.5. The van der Waals surface area contributed by atoms with Crippen LogP contribution in [0.4, 0.5) is 17.1 Å². The molecule has 42 heavy (non-hydrogen) atoms. The third kappa shape index (κ3) is 4.18. The molecule has 0 saturated carbocycles. The SMILES string of the molecule is C1=CCCC(N(C2=CCCC=C2)C2CC=c3ccc4c(N(c5ccccc5)c5ccccc5)ccc5ccc2c3c54)=C1. The molecule has 0 fully saturated rings. The van der Waals surface area contributed by atoms with Crippen molar-refractivity contribution in [3.05, 3.63) is 156 Å². The number of benzene rings is 5. The summed E-state index contributed by atoms with van der Waals surface area (Å²) in [6.07, 6.45) is 21.9. The largest absolute Gasteiger partial charge is 0.338 e. The Morgan fingerprint density at radius 2 is 1.43 bits per heavy atom. The molecule has 2 nitrogen and oxygen atoms in total. The van der Waals surface area contributed by atoms with E-state index in [1.165, 1.54) is 49.4 Å².